The number of ether oxygens (including phenoxy) is 14. The molecule has 23 N–H and O–H groups in total. The second-order valence-corrected chi connectivity index (χ2v) is 33.5. The van der Waals surface area contributed by atoms with Crippen molar-refractivity contribution in [2.24, 2.45) is 50.2 Å². The summed E-state index contributed by atoms with van der Waals surface area (Å²) in [5.41, 5.74) is -7.63. The number of esters is 1. The van der Waals surface area contributed by atoms with Crippen LogP contribution in [0.3, 0.4) is 0 Å². The molecule has 0 aromatic heterocycles. The van der Waals surface area contributed by atoms with Crippen LogP contribution >= 0.6 is 0 Å². The molecule has 0 aromatic rings. The second-order valence-electron chi connectivity index (χ2n) is 33.5. The Kier molecular flexibility index (Phi) is 25.0. The number of hydrogen-bond donors (Lipinski definition) is 23. The van der Waals surface area contributed by atoms with Crippen LogP contribution in [-0.4, -0.2) is 391 Å². The lowest BCUT2D eigenvalue weighted by molar-refractivity contribution is -0.372. The Balaban J connectivity index is 0.725. The van der Waals surface area contributed by atoms with Crippen molar-refractivity contribution in [3.05, 3.63) is 11.6 Å². The van der Waals surface area contributed by atoms with Gasteiger partial charge >= 0.3 is 5.97 Å². The van der Waals surface area contributed by atoms with Crippen molar-refractivity contribution in [3.8, 4) is 0 Å². The Morgan fingerprint density at radius 2 is 1.04 bits per heavy atom. The highest BCUT2D eigenvalue weighted by Crippen LogP contribution is 2.76. The largest absolute Gasteiger partial charge is 0.432 e. The van der Waals surface area contributed by atoms with Gasteiger partial charge in [0, 0.05) is 5.41 Å². The molecule has 41 atom stereocenters. The maximum absolute atomic E-state index is 15.6. The normalized spacial score (nSPS) is 54.0. The molecular weight excluding hydrogens is 1440 g/mol. The average molecular weight is 1550 g/mol. The molecule has 12 aliphatic rings. The Labute approximate surface area is 615 Å². The van der Waals surface area contributed by atoms with E-state index < -0.39 is 318 Å². The second kappa shape index (κ2) is 31.8. The van der Waals surface area contributed by atoms with E-state index in [1.165, 1.54) is 6.92 Å². The number of aliphatic hydroxyl groups excluding tert-OH is 22. The summed E-state index contributed by atoms with van der Waals surface area (Å²) in [6.07, 6.45) is -53.4. The number of aliphatic hydroxyl groups is 23. The molecule has 0 amide bonds. The highest BCUT2D eigenvalue weighted by Gasteiger charge is 2.74. The molecule has 0 bridgehead atoms. The van der Waals surface area contributed by atoms with Crippen molar-refractivity contribution in [1.82, 2.24) is 0 Å². The van der Waals surface area contributed by atoms with Gasteiger partial charge in [-0.2, -0.15) is 0 Å². The van der Waals surface area contributed by atoms with Crippen molar-refractivity contribution in [2.75, 3.05) is 59.5 Å². The lowest BCUT2D eigenvalue weighted by Crippen LogP contribution is -2.71. The van der Waals surface area contributed by atoms with Gasteiger partial charge < -0.3 is 184 Å². The summed E-state index contributed by atoms with van der Waals surface area (Å²) < 4.78 is 81.5. The van der Waals surface area contributed by atoms with Gasteiger partial charge in [0.05, 0.1) is 83.9 Å². The first kappa shape index (κ1) is 84.2. The zero-order valence-electron chi connectivity index (χ0n) is 60.3. The molecule has 0 spiro atoms. The number of fused-ring (bicyclic) bond motifs is 7. The summed E-state index contributed by atoms with van der Waals surface area (Å²) in [7, 11) is 0. The van der Waals surface area contributed by atoms with Gasteiger partial charge in [0.15, 0.2) is 43.8 Å². The average Bonchev–Trinajstić information content (AvgIpc) is 0.756. The molecule has 7 saturated heterocycles. The number of rotatable bonds is 20. The van der Waals surface area contributed by atoms with Crippen LogP contribution in [0.25, 0.3) is 0 Å². The van der Waals surface area contributed by atoms with Crippen LogP contribution in [0.5, 0.6) is 0 Å². The van der Waals surface area contributed by atoms with E-state index in [-0.39, 0.29) is 31.6 Å². The van der Waals surface area contributed by atoms with Crippen LogP contribution in [-0.2, 0) is 71.1 Å². The Bertz CT molecular complexity index is 3050. The number of hydrogen-bond acceptors (Lipinski definition) is 38. The summed E-state index contributed by atoms with van der Waals surface area (Å²) in [5.74, 6) is -2.64. The van der Waals surface area contributed by atoms with Crippen molar-refractivity contribution in [1.29, 1.82) is 0 Å². The summed E-state index contributed by atoms with van der Waals surface area (Å²) in [5, 5.41) is 255. The van der Waals surface area contributed by atoms with Crippen LogP contribution in [0.1, 0.15) is 92.9 Å². The van der Waals surface area contributed by atoms with Crippen LogP contribution in [0.15, 0.2) is 11.6 Å². The summed E-state index contributed by atoms with van der Waals surface area (Å²) >= 11 is 0. The van der Waals surface area contributed by atoms with Gasteiger partial charge in [-0.1, -0.05) is 46.3 Å². The molecule has 107 heavy (non-hydrogen) atoms. The van der Waals surface area contributed by atoms with E-state index >= 15 is 4.79 Å². The third-order valence-corrected chi connectivity index (χ3v) is 26.8. The number of allylic oxidation sites excluding steroid dienone is 2. The summed E-state index contributed by atoms with van der Waals surface area (Å²) in [6, 6.07) is 0. The molecule has 38 nitrogen and oxygen atoms in total. The van der Waals surface area contributed by atoms with Gasteiger partial charge in [-0.05, 0) is 97.7 Å². The molecule has 3 unspecified atom stereocenters. The first-order valence-electron chi connectivity index (χ1n) is 36.9. The minimum Gasteiger partial charge on any atom is -0.432 e. The first-order valence-corrected chi connectivity index (χ1v) is 36.9. The van der Waals surface area contributed by atoms with Crippen molar-refractivity contribution < 1.29 is 189 Å². The van der Waals surface area contributed by atoms with E-state index in [2.05, 4.69) is 26.8 Å². The van der Waals surface area contributed by atoms with E-state index in [1.807, 2.05) is 13.8 Å². The van der Waals surface area contributed by atoms with Crippen LogP contribution in [0, 0.1) is 50.2 Å². The lowest BCUT2D eigenvalue weighted by atomic mass is 9.33. The zero-order valence-corrected chi connectivity index (χ0v) is 60.3. The van der Waals surface area contributed by atoms with Gasteiger partial charge in [-0.15, -0.1) is 0 Å². The molecule has 616 valence electrons. The van der Waals surface area contributed by atoms with E-state index in [9.17, 15) is 117 Å². The molecule has 5 aliphatic carbocycles. The van der Waals surface area contributed by atoms with Crippen molar-refractivity contribution >= 4 is 5.97 Å². The Morgan fingerprint density at radius 3 is 1.64 bits per heavy atom. The predicted octanol–water partition coefficient (Wildman–Crippen LogP) is -9.73. The molecular formula is C69H112O38. The van der Waals surface area contributed by atoms with Gasteiger partial charge in [-0.25, -0.2) is 0 Å². The van der Waals surface area contributed by atoms with Crippen molar-refractivity contribution in [3.63, 3.8) is 0 Å². The Hall–Kier alpha value is -2.23. The molecule has 0 aromatic carbocycles. The van der Waals surface area contributed by atoms with Gasteiger partial charge in [0.25, 0.3) is 0 Å². The molecule has 7 heterocycles. The number of carbonyl (C=O) groups excluding carboxylic acids is 1. The number of carbonyl (C=O) groups is 1. The molecule has 4 saturated carbocycles. The SMILES string of the molecule is C[C@@H]1O[C@@H](O[C@H]2[C@H](OC(=O)[C@]34CCC(C)(C)C[C@H]3C3=CC[C@H]5C(C)(CC[C@H]6C(CO)(CO)[C@@H](O[C@@H]7O[C@H](CO[C@@H]8O[C@H](CO[C@@H]9O[C@H](CO)[C@@H](O)[C@H](O)[C@H]9O)[C@@H](O)[C@H](O)[C@H]8O)[C@@H](O)[C@H](O)[C@H]7O)[C@@H](O)C[C@@]65C)C3(C)CC4O)OC[C@H](O)[C@@H]2O)[C@H](O)[C@H](O)[C@H]1O[C@@H]1OC[C@@H](O)[C@H](O[C@@H]2OC[C@](O)(CO)[C@H]2O)[C@H]1O. The summed E-state index contributed by atoms with van der Waals surface area (Å²) in [4.78, 5) is 15.6. The summed E-state index contributed by atoms with van der Waals surface area (Å²) in [6.45, 7) is 5.28. The van der Waals surface area contributed by atoms with Crippen molar-refractivity contribution in [2.45, 2.75) is 301 Å². The molecule has 11 fully saturated rings. The fraction of sp³-hybridized carbons (Fsp3) is 0.957. The van der Waals surface area contributed by atoms with E-state index in [0.29, 0.717) is 25.7 Å². The van der Waals surface area contributed by atoms with Crippen LogP contribution < -0.4 is 0 Å². The van der Waals surface area contributed by atoms with Crippen LogP contribution in [0.2, 0.25) is 0 Å². The maximum atomic E-state index is 15.6. The standard InChI is InChI=1S/C69H112O38/c1-25-50(103-57-49(90)51(30(76)18-94-57)104-61-53(91)68(93,23-73)24-98-61)44(85)48(89)58(99-25)105-52-37(78)29(75)17-95-60(52)107-62(92)69-12-11-63(2,3)13-27(69)26-7-8-34-64(4)14-28(74)54(67(21-71,22-72)35(64)9-10-65(34,5)66(26,6)15-36(69)77)106-59-47(88)43(84)40(81)33(102-59)20-97-56-46(87)42(83)39(80)32(101-56)19-96-55-45(86)41(82)38(79)31(16-70)100-55/h7,25,27-61,70-91,93H,8-24H2,1-6H3/t25-,27-,28-,29-,30+,31+,32+,33+,34+,35+,36?,37-,38+,39+,40+,41-,42-,43-,44-,45+,46+,47+,48+,49+,50-,51-,52+,53-,54-,55+,56+,57-,58-,59-,60-,61-,64+,65?,66?,68+,69+/m0/s1. The topological polar surface area (TPSA) is 612 Å². The quantitative estimate of drug-likeness (QED) is 0.0306. The third-order valence-electron chi connectivity index (χ3n) is 26.8. The molecule has 7 aliphatic heterocycles. The van der Waals surface area contributed by atoms with E-state index in [4.69, 9.17) is 66.3 Å². The van der Waals surface area contributed by atoms with E-state index in [0.717, 1.165) is 5.57 Å². The minimum absolute atomic E-state index is 0.00104. The highest BCUT2D eigenvalue weighted by atomic mass is 16.8. The Morgan fingerprint density at radius 1 is 0.495 bits per heavy atom. The molecule has 0 radical (unpaired) electrons. The van der Waals surface area contributed by atoms with Gasteiger partial charge in [-0.3, -0.25) is 4.79 Å². The van der Waals surface area contributed by atoms with Gasteiger partial charge in [0.2, 0.25) is 6.29 Å². The smallest absolute Gasteiger partial charge is 0.317 e. The lowest BCUT2D eigenvalue weighted by Gasteiger charge is -2.72. The maximum Gasteiger partial charge on any atom is 0.317 e. The molecule has 38 heteroatoms. The fourth-order valence-corrected chi connectivity index (χ4v) is 20.2. The zero-order chi connectivity index (χ0) is 78.1. The molecule has 12 rings (SSSR count). The minimum atomic E-state index is -2.10. The third kappa shape index (κ3) is 14.4. The van der Waals surface area contributed by atoms with Gasteiger partial charge in [0.1, 0.15) is 139 Å². The van der Waals surface area contributed by atoms with E-state index in [1.54, 1.807) is 0 Å². The van der Waals surface area contributed by atoms with Crippen LogP contribution in [0.4, 0.5) is 0 Å². The first-order chi connectivity index (χ1) is 50.3. The fourth-order valence-electron chi connectivity index (χ4n) is 20.2. The predicted molar refractivity (Wildman–Crippen MR) is 347 cm³/mol. The monoisotopic (exact) mass is 1550 g/mol. The highest BCUT2D eigenvalue weighted by molar-refractivity contribution is 5.80.